The quantitative estimate of drug-likeness (QED) is 0.463. The normalized spacial score (nSPS) is 14.9. The van der Waals surface area contributed by atoms with Crippen LogP contribution in [0.1, 0.15) is 33.2 Å². The topological polar surface area (TPSA) is 128 Å². The summed E-state index contributed by atoms with van der Waals surface area (Å²) in [4.78, 5) is 23.2. The molecule has 1 rings (SSSR count). The molecule has 0 aliphatic rings. The van der Waals surface area contributed by atoms with Crippen molar-refractivity contribution in [1.29, 1.82) is 0 Å². The summed E-state index contributed by atoms with van der Waals surface area (Å²) < 4.78 is 35.0. The highest BCUT2D eigenvalue weighted by Crippen LogP contribution is 2.24. The van der Waals surface area contributed by atoms with Gasteiger partial charge in [-0.25, -0.2) is 13.8 Å². The Morgan fingerprint density at radius 3 is 1.90 bits per heavy atom. The molecule has 2 unspecified atom stereocenters. The lowest BCUT2D eigenvalue weighted by atomic mass is 9.99. The number of ether oxygens (including phenoxy) is 2. The van der Waals surface area contributed by atoms with E-state index in [0.29, 0.717) is 0 Å². The van der Waals surface area contributed by atoms with Gasteiger partial charge in [0.15, 0.2) is 5.72 Å². The van der Waals surface area contributed by atoms with Crippen molar-refractivity contribution in [2.75, 3.05) is 14.2 Å². The van der Waals surface area contributed by atoms with Gasteiger partial charge in [-0.3, -0.25) is 9.92 Å². The molecule has 8 nitrogen and oxygen atoms in total. The van der Waals surface area contributed by atoms with Crippen LogP contribution in [0, 0.1) is 0 Å². The smallest absolute Gasteiger partial charge is 0.337 e. The van der Waals surface area contributed by atoms with E-state index in [2.05, 4.69) is 13.7 Å². The van der Waals surface area contributed by atoms with Crippen molar-refractivity contribution in [1.82, 2.24) is 0 Å². The predicted octanol–water partition coefficient (Wildman–Crippen LogP) is 0.202. The summed E-state index contributed by atoms with van der Waals surface area (Å²) in [5, 5.41) is 0. The third-order valence-electron chi connectivity index (χ3n) is 2.59. The van der Waals surface area contributed by atoms with Gasteiger partial charge < -0.3 is 14.0 Å². The molecule has 116 valence electrons. The van der Waals surface area contributed by atoms with Gasteiger partial charge in [-0.2, -0.15) is 0 Å². The van der Waals surface area contributed by atoms with Crippen LogP contribution in [0.4, 0.5) is 0 Å². The van der Waals surface area contributed by atoms with Gasteiger partial charge in [0.2, 0.25) is 0 Å². The fourth-order valence-corrected chi connectivity index (χ4v) is 1.95. The number of nitrogens with two attached hydrogens (primary N) is 1. The molecule has 0 aliphatic carbocycles. The van der Waals surface area contributed by atoms with Crippen LogP contribution in [0.5, 0.6) is 0 Å². The molecule has 0 amide bonds. The van der Waals surface area contributed by atoms with E-state index in [1.807, 2.05) is 0 Å². The average molecular weight is 316 g/mol. The summed E-state index contributed by atoms with van der Waals surface area (Å²) in [5.74, 6) is -1.44. The molecule has 0 bridgehead atoms. The molecule has 9 heteroatoms. The Hall–Kier alpha value is -1.81. The van der Waals surface area contributed by atoms with Gasteiger partial charge in [-0.15, -0.1) is 0 Å². The summed E-state index contributed by atoms with van der Waals surface area (Å²) in [6.45, 7) is 1.26. The Morgan fingerprint density at radius 2 is 1.57 bits per heavy atom. The van der Waals surface area contributed by atoms with Gasteiger partial charge in [0.25, 0.3) is 0 Å². The number of esters is 2. The summed E-state index contributed by atoms with van der Waals surface area (Å²) in [7, 11) is 2.33. The molecule has 0 aromatic heterocycles. The molecule has 0 radical (unpaired) electrons. The monoisotopic (exact) mass is 316 g/mol. The number of carbonyl (C=O) groups is 2. The second-order valence-corrected chi connectivity index (χ2v) is 4.75. The standard InChI is InChI=1S/C12H15NO7S/c1-12(13,20-21(16)17)9-5-7(10(14)18-2)4-8(6-9)11(15)19-3/h4-6H,13H2,1-3H3,(H,16,17)/p-1. The number of carbonyl (C=O) groups excluding carboxylic acids is 2. The third-order valence-corrected chi connectivity index (χ3v) is 3.07. The molecule has 0 saturated carbocycles. The second kappa shape index (κ2) is 6.76. The van der Waals surface area contributed by atoms with Gasteiger partial charge >= 0.3 is 11.9 Å². The Labute approximate surface area is 123 Å². The Morgan fingerprint density at radius 1 is 1.14 bits per heavy atom. The van der Waals surface area contributed by atoms with Crippen LogP contribution >= 0.6 is 0 Å². The van der Waals surface area contributed by atoms with Gasteiger partial charge in [0, 0.05) is 5.56 Å². The highest BCUT2D eigenvalue weighted by molar-refractivity contribution is 7.74. The number of hydrogen-bond donors (Lipinski definition) is 1. The van der Waals surface area contributed by atoms with E-state index in [-0.39, 0.29) is 16.7 Å². The zero-order valence-corrected chi connectivity index (χ0v) is 12.4. The SMILES string of the molecule is COC(=O)c1cc(C(=O)OC)cc(C(C)(N)OS(=O)[O-])c1. The lowest BCUT2D eigenvalue weighted by Crippen LogP contribution is -2.37. The first-order valence-corrected chi connectivity index (χ1v) is 6.61. The first kappa shape index (κ1) is 17.2. The molecule has 0 fully saturated rings. The van der Waals surface area contributed by atoms with E-state index in [0.717, 1.165) is 14.2 Å². The van der Waals surface area contributed by atoms with E-state index in [4.69, 9.17) is 5.73 Å². The van der Waals surface area contributed by atoms with Crippen molar-refractivity contribution in [2.45, 2.75) is 12.6 Å². The Bertz CT molecular complexity index is 551. The lowest BCUT2D eigenvalue weighted by Gasteiger charge is -2.26. The molecule has 0 heterocycles. The summed E-state index contributed by atoms with van der Waals surface area (Å²) >= 11 is -2.88. The minimum Gasteiger partial charge on any atom is -0.750 e. The van der Waals surface area contributed by atoms with E-state index in [9.17, 15) is 18.4 Å². The van der Waals surface area contributed by atoms with Crippen LogP contribution in [-0.2, 0) is 30.7 Å². The predicted molar refractivity (Wildman–Crippen MR) is 70.7 cm³/mol. The van der Waals surface area contributed by atoms with Crippen molar-refractivity contribution >= 4 is 23.3 Å². The van der Waals surface area contributed by atoms with E-state index >= 15 is 0 Å². The largest absolute Gasteiger partial charge is 0.750 e. The molecule has 1 aromatic rings. The number of hydrogen-bond acceptors (Lipinski definition) is 8. The van der Waals surface area contributed by atoms with Gasteiger partial charge in [-0.1, -0.05) is 0 Å². The molecule has 0 aliphatic heterocycles. The highest BCUT2D eigenvalue weighted by Gasteiger charge is 2.26. The molecule has 0 saturated heterocycles. The molecule has 2 atom stereocenters. The van der Waals surface area contributed by atoms with Gasteiger partial charge in [0.1, 0.15) is 0 Å². The van der Waals surface area contributed by atoms with Gasteiger partial charge in [0.05, 0.1) is 36.7 Å². The summed E-state index contributed by atoms with van der Waals surface area (Å²) in [5.41, 5.74) is 4.08. The van der Waals surface area contributed by atoms with Crippen molar-refractivity contribution in [3.05, 3.63) is 34.9 Å². The minimum atomic E-state index is -2.88. The number of benzene rings is 1. The van der Waals surface area contributed by atoms with E-state index < -0.39 is 29.0 Å². The maximum absolute atomic E-state index is 11.6. The molecule has 21 heavy (non-hydrogen) atoms. The molecular weight excluding hydrogens is 302 g/mol. The maximum Gasteiger partial charge on any atom is 0.337 e. The third kappa shape index (κ3) is 4.33. The fourth-order valence-electron chi connectivity index (χ4n) is 1.58. The summed E-state index contributed by atoms with van der Waals surface area (Å²) in [6.07, 6.45) is 0. The van der Waals surface area contributed by atoms with E-state index in [1.54, 1.807) is 0 Å². The zero-order valence-electron chi connectivity index (χ0n) is 11.6. The molecule has 0 spiro atoms. The first-order valence-electron chi connectivity index (χ1n) is 5.61. The van der Waals surface area contributed by atoms with Crippen LogP contribution in [0.25, 0.3) is 0 Å². The molecule has 2 N–H and O–H groups in total. The average Bonchev–Trinajstić information content (AvgIpc) is 2.43. The number of methoxy groups -OCH3 is 2. The highest BCUT2D eigenvalue weighted by atomic mass is 32.2. The first-order chi connectivity index (χ1) is 9.71. The van der Waals surface area contributed by atoms with Crippen molar-refractivity contribution in [3.63, 3.8) is 0 Å². The second-order valence-electron chi connectivity index (χ2n) is 4.18. The summed E-state index contributed by atoms with van der Waals surface area (Å²) in [6, 6.07) is 3.78. The van der Waals surface area contributed by atoms with Crippen LogP contribution in [0.2, 0.25) is 0 Å². The van der Waals surface area contributed by atoms with E-state index in [1.165, 1.54) is 25.1 Å². The van der Waals surface area contributed by atoms with Crippen LogP contribution in [0.15, 0.2) is 18.2 Å². The van der Waals surface area contributed by atoms with Crippen molar-refractivity contribution in [3.8, 4) is 0 Å². The van der Waals surface area contributed by atoms with Crippen LogP contribution < -0.4 is 5.73 Å². The van der Waals surface area contributed by atoms with Crippen LogP contribution in [0.3, 0.4) is 0 Å². The lowest BCUT2D eigenvalue weighted by molar-refractivity contribution is 0.0597. The zero-order chi connectivity index (χ0) is 16.2. The fraction of sp³-hybridized carbons (Fsp3) is 0.333. The van der Waals surface area contributed by atoms with Crippen molar-refractivity contribution in [2.24, 2.45) is 5.73 Å². The maximum atomic E-state index is 11.6. The van der Waals surface area contributed by atoms with Gasteiger partial charge in [-0.05, 0) is 25.1 Å². The molecular formula is C12H14NO7S-. The Kier molecular flexibility index (Phi) is 5.55. The number of rotatable bonds is 5. The van der Waals surface area contributed by atoms with Crippen LogP contribution in [-0.4, -0.2) is 34.9 Å². The Balaban J connectivity index is 3.40. The van der Waals surface area contributed by atoms with Crippen molar-refractivity contribution < 1.29 is 32.0 Å². The minimum absolute atomic E-state index is 0.00681. The molecule has 1 aromatic carbocycles.